The highest BCUT2D eigenvalue weighted by atomic mass is 19.4. The fourth-order valence-corrected chi connectivity index (χ4v) is 1.38. The van der Waals surface area contributed by atoms with Crippen molar-refractivity contribution in [1.29, 1.82) is 0 Å². The number of hydrogen-bond donors (Lipinski definition) is 1. The van der Waals surface area contributed by atoms with Gasteiger partial charge in [-0.05, 0) is 13.0 Å². The van der Waals surface area contributed by atoms with E-state index < -0.39 is 12.7 Å². The third kappa shape index (κ3) is 3.19. The molecule has 0 aliphatic rings. The predicted molar refractivity (Wildman–Crippen MR) is 48.2 cm³/mol. The van der Waals surface area contributed by atoms with E-state index in [1.54, 1.807) is 6.92 Å². The number of nitrogens with two attached hydrogens (primary N) is 1. The first-order chi connectivity index (χ1) is 6.98. The van der Waals surface area contributed by atoms with Crippen LogP contribution < -0.4 is 5.73 Å². The standard InChI is InChI=1S/C8H13F3N4/c1-2-7-6(3-4-12)13-14-15(7)5-8(9,10)11/h2-5,12H2,1H3. The second kappa shape index (κ2) is 4.61. The Labute approximate surface area is 85.3 Å². The Morgan fingerprint density at radius 3 is 2.53 bits per heavy atom. The van der Waals surface area contributed by atoms with Gasteiger partial charge in [-0.1, -0.05) is 12.1 Å². The molecule has 1 aromatic rings. The van der Waals surface area contributed by atoms with Gasteiger partial charge in [-0.25, -0.2) is 4.68 Å². The minimum absolute atomic E-state index is 0.359. The van der Waals surface area contributed by atoms with E-state index in [1.165, 1.54) is 0 Å². The Kier molecular flexibility index (Phi) is 3.67. The van der Waals surface area contributed by atoms with E-state index in [-0.39, 0.29) is 0 Å². The number of aromatic nitrogens is 3. The lowest BCUT2D eigenvalue weighted by molar-refractivity contribution is -0.143. The van der Waals surface area contributed by atoms with Crippen LogP contribution in [0.15, 0.2) is 0 Å². The highest BCUT2D eigenvalue weighted by Crippen LogP contribution is 2.19. The van der Waals surface area contributed by atoms with Crippen molar-refractivity contribution in [3.63, 3.8) is 0 Å². The van der Waals surface area contributed by atoms with Gasteiger partial charge < -0.3 is 5.73 Å². The van der Waals surface area contributed by atoms with Gasteiger partial charge in [0.2, 0.25) is 0 Å². The van der Waals surface area contributed by atoms with Crippen LogP contribution in [0.2, 0.25) is 0 Å². The van der Waals surface area contributed by atoms with Crippen LogP contribution in [0.1, 0.15) is 18.3 Å². The van der Waals surface area contributed by atoms with Crippen molar-refractivity contribution < 1.29 is 13.2 Å². The maximum Gasteiger partial charge on any atom is 0.408 e. The fraction of sp³-hybridized carbons (Fsp3) is 0.750. The Morgan fingerprint density at radius 1 is 1.40 bits per heavy atom. The summed E-state index contributed by atoms with van der Waals surface area (Å²) in [6.45, 7) is 1.04. The van der Waals surface area contributed by atoms with E-state index in [0.29, 0.717) is 30.8 Å². The molecule has 1 rings (SSSR count). The third-order valence-electron chi connectivity index (χ3n) is 1.96. The molecule has 0 atom stereocenters. The zero-order valence-corrected chi connectivity index (χ0v) is 8.38. The van der Waals surface area contributed by atoms with Crippen LogP contribution in [0.4, 0.5) is 13.2 Å². The Morgan fingerprint density at radius 2 is 2.07 bits per heavy atom. The topological polar surface area (TPSA) is 56.7 Å². The molecular formula is C8H13F3N4. The summed E-state index contributed by atoms with van der Waals surface area (Å²) in [6.07, 6.45) is -3.34. The quantitative estimate of drug-likeness (QED) is 0.823. The number of hydrogen-bond acceptors (Lipinski definition) is 3. The average Bonchev–Trinajstić information content (AvgIpc) is 2.45. The molecule has 0 aliphatic heterocycles. The normalized spacial score (nSPS) is 12.1. The average molecular weight is 222 g/mol. The minimum atomic E-state index is -4.27. The number of halogens is 3. The molecule has 4 nitrogen and oxygen atoms in total. The zero-order valence-electron chi connectivity index (χ0n) is 8.38. The molecule has 0 saturated carbocycles. The summed E-state index contributed by atoms with van der Waals surface area (Å²) in [4.78, 5) is 0. The van der Waals surface area contributed by atoms with Crippen molar-refractivity contribution in [1.82, 2.24) is 15.0 Å². The van der Waals surface area contributed by atoms with E-state index in [2.05, 4.69) is 10.3 Å². The molecule has 7 heteroatoms. The molecule has 2 N–H and O–H groups in total. The second-order valence-electron chi connectivity index (χ2n) is 3.15. The summed E-state index contributed by atoms with van der Waals surface area (Å²) in [5.41, 5.74) is 6.39. The zero-order chi connectivity index (χ0) is 11.5. The van der Waals surface area contributed by atoms with Gasteiger partial charge in [0.05, 0.1) is 11.4 Å². The molecule has 0 amide bonds. The van der Waals surface area contributed by atoms with E-state index in [9.17, 15) is 13.2 Å². The number of rotatable bonds is 4. The van der Waals surface area contributed by atoms with Crippen LogP contribution >= 0.6 is 0 Å². The van der Waals surface area contributed by atoms with Gasteiger partial charge in [-0.3, -0.25) is 0 Å². The fourth-order valence-electron chi connectivity index (χ4n) is 1.38. The summed E-state index contributed by atoms with van der Waals surface area (Å²) in [5, 5.41) is 7.18. The Balaban J connectivity index is 2.89. The number of nitrogens with zero attached hydrogens (tertiary/aromatic N) is 3. The van der Waals surface area contributed by atoms with E-state index >= 15 is 0 Å². The van der Waals surface area contributed by atoms with Crippen LogP contribution in [0, 0.1) is 0 Å². The molecule has 0 unspecified atom stereocenters. The van der Waals surface area contributed by atoms with Crippen LogP contribution in [0.5, 0.6) is 0 Å². The molecule has 0 radical (unpaired) electrons. The molecule has 86 valence electrons. The van der Waals surface area contributed by atoms with Gasteiger partial charge in [-0.15, -0.1) is 5.10 Å². The van der Waals surface area contributed by atoms with Crippen molar-refractivity contribution in [3.8, 4) is 0 Å². The highest BCUT2D eigenvalue weighted by molar-refractivity contribution is 5.10. The smallest absolute Gasteiger partial charge is 0.330 e. The second-order valence-corrected chi connectivity index (χ2v) is 3.15. The molecule has 0 spiro atoms. The molecule has 0 saturated heterocycles. The molecule has 1 aromatic heterocycles. The Bertz CT molecular complexity index is 318. The highest BCUT2D eigenvalue weighted by Gasteiger charge is 2.30. The van der Waals surface area contributed by atoms with Gasteiger partial charge in [0, 0.05) is 6.42 Å². The Hall–Kier alpha value is -1.11. The van der Waals surface area contributed by atoms with Crippen LogP contribution in [-0.2, 0) is 19.4 Å². The first-order valence-electron chi connectivity index (χ1n) is 4.66. The molecule has 1 heterocycles. The maximum absolute atomic E-state index is 12.1. The van der Waals surface area contributed by atoms with E-state index in [1.807, 2.05) is 0 Å². The minimum Gasteiger partial charge on any atom is -0.330 e. The number of alkyl halides is 3. The van der Waals surface area contributed by atoms with Gasteiger partial charge in [0.15, 0.2) is 0 Å². The molecule has 0 bridgehead atoms. The van der Waals surface area contributed by atoms with Crippen LogP contribution in [0.25, 0.3) is 0 Å². The van der Waals surface area contributed by atoms with Crippen molar-refractivity contribution in [3.05, 3.63) is 11.4 Å². The molecule has 15 heavy (non-hydrogen) atoms. The van der Waals surface area contributed by atoms with Crippen LogP contribution in [-0.4, -0.2) is 27.7 Å². The lowest BCUT2D eigenvalue weighted by atomic mass is 10.2. The van der Waals surface area contributed by atoms with Gasteiger partial charge in [0.25, 0.3) is 0 Å². The lowest BCUT2D eigenvalue weighted by Crippen LogP contribution is -2.20. The monoisotopic (exact) mass is 222 g/mol. The summed E-state index contributed by atoms with van der Waals surface area (Å²) in [6, 6.07) is 0. The van der Waals surface area contributed by atoms with Gasteiger partial charge in [0.1, 0.15) is 6.54 Å². The predicted octanol–water partition coefficient (Wildman–Crippen LogP) is 0.904. The van der Waals surface area contributed by atoms with Crippen molar-refractivity contribution >= 4 is 0 Å². The summed E-state index contributed by atoms with van der Waals surface area (Å²) < 4.78 is 37.3. The summed E-state index contributed by atoms with van der Waals surface area (Å²) in [5.74, 6) is 0. The first-order valence-corrected chi connectivity index (χ1v) is 4.66. The molecule has 0 aliphatic carbocycles. The summed E-state index contributed by atoms with van der Waals surface area (Å²) >= 11 is 0. The molecular weight excluding hydrogens is 209 g/mol. The van der Waals surface area contributed by atoms with Crippen molar-refractivity contribution in [2.24, 2.45) is 5.73 Å². The van der Waals surface area contributed by atoms with Gasteiger partial charge in [-0.2, -0.15) is 13.2 Å². The molecule has 0 fully saturated rings. The largest absolute Gasteiger partial charge is 0.408 e. The lowest BCUT2D eigenvalue weighted by Gasteiger charge is -2.08. The SMILES string of the molecule is CCc1c(CCN)nnn1CC(F)(F)F. The van der Waals surface area contributed by atoms with Crippen LogP contribution in [0.3, 0.4) is 0 Å². The molecule has 0 aromatic carbocycles. The van der Waals surface area contributed by atoms with Crippen molar-refractivity contribution in [2.75, 3.05) is 6.54 Å². The first kappa shape index (κ1) is 12.0. The third-order valence-corrected chi connectivity index (χ3v) is 1.96. The summed E-state index contributed by atoms with van der Waals surface area (Å²) in [7, 11) is 0. The van der Waals surface area contributed by atoms with E-state index in [4.69, 9.17) is 5.73 Å². The van der Waals surface area contributed by atoms with Crippen molar-refractivity contribution in [2.45, 2.75) is 32.5 Å². The van der Waals surface area contributed by atoms with Gasteiger partial charge >= 0.3 is 6.18 Å². The maximum atomic E-state index is 12.1. The van der Waals surface area contributed by atoms with E-state index in [0.717, 1.165) is 4.68 Å².